The van der Waals surface area contributed by atoms with Gasteiger partial charge in [0.2, 0.25) is 10.0 Å². The highest BCUT2D eigenvalue weighted by Gasteiger charge is 2.27. The normalized spacial score (nSPS) is 16.5. The molecule has 1 atom stereocenters. The lowest BCUT2D eigenvalue weighted by molar-refractivity contribution is 0.0765. The second-order valence-electron chi connectivity index (χ2n) is 8.11. The fourth-order valence-corrected chi connectivity index (χ4v) is 6.38. The number of carbonyl (C=O) groups is 1. The molecule has 1 saturated heterocycles. The first-order chi connectivity index (χ1) is 14.2. The summed E-state index contributed by atoms with van der Waals surface area (Å²) < 4.78 is 30.2. The second-order valence-corrected chi connectivity index (χ2v) is 10.8. The fraction of sp³-hybridized carbons (Fsp3) is 0.619. The van der Waals surface area contributed by atoms with E-state index in [2.05, 4.69) is 9.71 Å². The SMILES string of the molecule is CC[C@@H](C)NS(=O)(=O)c1cc(-c2nc(C)c(C(=O)N3CCCCCC3)s2)n(C)c1C. The van der Waals surface area contributed by atoms with Crippen molar-refractivity contribution in [2.24, 2.45) is 7.05 Å². The van der Waals surface area contributed by atoms with E-state index in [0.29, 0.717) is 33.4 Å². The van der Waals surface area contributed by atoms with Gasteiger partial charge in [-0.3, -0.25) is 4.79 Å². The average molecular weight is 453 g/mol. The van der Waals surface area contributed by atoms with Gasteiger partial charge in [0.05, 0.1) is 11.4 Å². The summed E-state index contributed by atoms with van der Waals surface area (Å²) >= 11 is 1.35. The summed E-state index contributed by atoms with van der Waals surface area (Å²) in [6, 6.07) is 1.52. The van der Waals surface area contributed by atoms with E-state index in [-0.39, 0.29) is 16.8 Å². The number of hydrogen-bond donors (Lipinski definition) is 1. The van der Waals surface area contributed by atoms with Crippen molar-refractivity contribution < 1.29 is 13.2 Å². The van der Waals surface area contributed by atoms with Crippen molar-refractivity contribution in [3.8, 4) is 10.7 Å². The lowest BCUT2D eigenvalue weighted by atomic mass is 10.2. The van der Waals surface area contributed by atoms with Crippen molar-refractivity contribution in [2.75, 3.05) is 13.1 Å². The van der Waals surface area contributed by atoms with E-state index in [0.717, 1.165) is 25.9 Å². The Kier molecular flexibility index (Phi) is 7.04. The zero-order chi connectivity index (χ0) is 22.1. The van der Waals surface area contributed by atoms with Gasteiger partial charge in [-0.15, -0.1) is 11.3 Å². The molecule has 0 bridgehead atoms. The molecule has 9 heteroatoms. The topological polar surface area (TPSA) is 84.3 Å². The van der Waals surface area contributed by atoms with E-state index in [9.17, 15) is 13.2 Å². The Morgan fingerprint density at radius 3 is 2.47 bits per heavy atom. The zero-order valence-electron chi connectivity index (χ0n) is 18.5. The van der Waals surface area contributed by atoms with Gasteiger partial charge in [0.25, 0.3) is 5.91 Å². The van der Waals surface area contributed by atoms with Gasteiger partial charge in [0.15, 0.2) is 0 Å². The summed E-state index contributed by atoms with van der Waals surface area (Å²) in [6.07, 6.45) is 5.13. The van der Waals surface area contributed by atoms with Crippen molar-refractivity contribution >= 4 is 27.3 Å². The molecule has 1 N–H and O–H groups in total. The third-order valence-corrected chi connectivity index (χ3v) is 8.72. The molecule has 0 radical (unpaired) electrons. The summed E-state index contributed by atoms with van der Waals surface area (Å²) in [5.74, 6) is 0.0374. The number of hydrogen-bond acceptors (Lipinski definition) is 5. The van der Waals surface area contributed by atoms with Crippen LogP contribution in [0.15, 0.2) is 11.0 Å². The molecule has 7 nitrogen and oxygen atoms in total. The number of carbonyl (C=O) groups excluding carboxylic acids is 1. The van der Waals surface area contributed by atoms with Gasteiger partial charge in [-0.1, -0.05) is 19.8 Å². The number of aryl methyl sites for hydroxylation is 1. The highest BCUT2D eigenvalue weighted by molar-refractivity contribution is 7.89. The molecule has 0 aromatic carbocycles. The molecule has 30 heavy (non-hydrogen) atoms. The molecule has 0 unspecified atom stereocenters. The van der Waals surface area contributed by atoms with Crippen molar-refractivity contribution in [1.82, 2.24) is 19.2 Å². The maximum Gasteiger partial charge on any atom is 0.265 e. The molecule has 0 saturated carbocycles. The summed E-state index contributed by atoms with van der Waals surface area (Å²) in [5, 5.41) is 0.668. The lowest BCUT2D eigenvalue weighted by Gasteiger charge is -2.19. The maximum atomic E-state index is 13.1. The predicted octanol–water partition coefficient (Wildman–Crippen LogP) is 3.86. The van der Waals surface area contributed by atoms with E-state index < -0.39 is 10.0 Å². The van der Waals surface area contributed by atoms with Crippen LogP contribution in [0.2, 0.25) is 0 Å². The van der Waals surface area contributed by atoms with Crippen LogP contribution in [-0.4, -0.2) is 47.9 Å². The van der Waals surface area contributed by atoms with Crippen LogP contribution in [0, 0.1) is 13.8 Å². The van der Waals surface area contributed by atoms with Crippen molar-refractivity contribution in [3.05, 3.63) is 22.3 Å². The lowest BCUT2D eigenvalue weighted by Crippen LogP contribution is -2.32. The number of thiazole rings is 1. The third-order valence-electron chi connectivity index (χ3n) is 5.85. The summed E-state index contributed by atoms with van der Waals surface area (Å²) in [4.78, 5) is 20.5. The Balaban J connectivity index is 1.94. The third kappa shape index (κ3) is 4.63. The second kappa shape index (κ2) is 9.20. The van der Waals surface area contributed by atoms with Gasteiger partial charge in [-0.05, 0) is 46.1 Å². The van der Waals surface area contributed by atoms with Crippen molar-refractivity contribution in [3.63, 3.8) is 0 Å². The van der Waals surface area contributed by atoms with Crippen LogP contribution in [0.3, 0.4) is 0 Å². The van der Waals surface area contributed by atoms with E-state index in [1.807, 2.05) is 37.3 Å². The van der Waals surface area contributed by atoms with Crippen LogP contribution in [0.25, 0.3) is 10.7 Å². The minimum Gasteiger partial charge on any atom is -0.345 e. The first-order valence-electron chi connectivity index (χ1n) is 10.6. The van der Waals surface area contributed by atoms with E-state index in [4.69, 9.17) is 0 Å². The molecule has 1 aliphatic heterocycles. The predicted molar refractivity (Wildman–Crippen MR) is 120 cm³/mol. The number of sulfonamides is 1. The van der Waals surface area contributed by atoms with Crippen LogP contribution in [0.5, 0.6) is 0 Å². The first-order valence-corrected chi connectivity index (χ1v) is 12.9. The molecule has 1 fully saturated rings. The largest absolute Gasteiger partial charge is 0.345 e. The molecular formula is C21H32N4O3S2. The van der Waals surface area contributed by atoms with Crippen molar-refractivity contribution in [1.29, 1.82) is 0 Å². The maximum absolute atomic E-state index is 13.1. The summed E-state index contributed by atoms with van der Waals surface area (Å²) in [5.41, 5.74) is 2.05. The number of rotatable bonds is 6. The Morgan fingerprint density at radius 2 is 1.87 bits per heavy atom. The van der Waals surface area contributed by atoms with E-state index in [1.54, 1.807) is 13.0 Å². The molecule has 3 rings (SSSR count). The highest BCUT2D eigenvalue weighted by atomic mass is 32.2. The summed E-state index contributed by atoms with van der Waals surface area (Å²) in [6.45, 7) is 9.01. The highest BCUT2D eigenvalue weighted by Crippen LogP contribution is 2.33. The Hall–Kier alpha value is -1.71. The first kappa shape index (κ1) is 23.0. The van der Waals surface area contributed by atoms with Crippen LogP contribution in [-0.2, 0) is 17.1 Å². The van der Waals surface area contributed by atoms with Crippen LogP contribution in [0.4, 0.5) is 0 Å². The standard InChI is InChI=1S/C21H32N4O3S2/c1-6-14(2)23-30(27,28)18-13-17(24(5)16(18)4)20-22-15(3)19(29-20)21(26)25-11-9-7-8-10-12-25/h13-14,23H,6-12H2,1-5H3/t14-/m1/s1. The molecule has 166 valence electrons. The molecule has 0 spiro atoms. The smallest absolute Gasteiger partial charge is 0.265 e. The van der Waals surface area contributed by atoms with Crippen molar-refractivity contribution in [2.45, 2.75) is 70.7 Å². The number of likely N-dealkylation sites (tertiary alicyclic amines) is 1. The van der Waals surface area contributed by atoms with E-state index in [1.165, 1.54) is 24.2 Å². The Morgan fingerprint density at radius 1 is 1.23 bits per heavy atom. The molecular weight excluding hydrogens is 420 g/mol. The van der Waals surface area contributed by atoms with Gasteiger partial charge in [0, 0.05) is 31.9 Å². The monoisotopic (exact) mass is 452 g/mol. The minimum absolute atomic E-state index is 0.0374. The Labute approximate surface area is 183 Å². The fourth-order valence-electron chi connectivity index (χ4n) is 3.68. The number of aromatic nitrogens is 2. The zero-order valence-corrected chi connectivity index (χ0v) is 20.1. The van der Waals surface area contributed by atoms with Crippen LogP contribution < -0.4 is 4.72 Å². The quantitative estimate of drug-likeness (QED) is 0.721. The molecule has 0 aliphatic carbocycles. The van der Waals surface area contributed by atoms with Gasteiger partial charge in [-0.25, -0.2) is 18.1 Å². The number of amides is 1. The van der Waals surface area contributed by atoms with E-state index >= 15 is 0 Å². The minimum atomic E-state index is -3.62. The number of nitrogens with one attached hydrogen (secondary N) is 1. The molecule has 1 aliphatic rings. The molecule has 3 heterocycles. The summed E-state index contributed by atoms with van der Waals surface area (Å²) in [7, 11) is -1.79. The van der Waals surface area contributed by atoms with Gasteiger partial charge < -0.3 is 9.47 Å². The van der Waals surface area contributed by atoms with Crippen LogP contribution >= 0.6 is 11.3 Å². The average Bonchev–Trinajstić information content (AvgIpc) is 3.08. The molecule has 1 amide bonds. The van der Waals surface area contributed by atoms with Gasteiger partial charge >= 0.3 is 0 Å². The Bertz CT molecular complexity index is 1020. The number of nitrogens with zero attached hydrogens (tertiary/aromatic N) is 3. The van der Waals surface area contributed by atoms with Crippen LogP contribution in [0.1, 0.15) is 67.0 Å². The van der Waals surface area contributed by atoms with Gasteiger partial charge in [0.1, 0.15) is 14.8 Å². The van der Waals surface area contributed by atoms with Gasteiger partial charge in [-0.2, -0.15) is 0 Å². The molecule has 2 aromatic rings. The molecule has 2 aromatic heterocycles.